The third kappa shape index (κ3) is 7.21. The highest BCUT2D eigenvalue weighted by Crippen LogP contribution is 2.37. The molecule has 0 spiro atoms. The van der Waals surface area contributed by atoms with Gasteiger partial charge in [-0.05, 0) is 42.7 Å². The second kappa shape index (κ2) is 11.8. The van der Waals surface area contributed by atoms with Crippen LogP contribution in [0, 0.1) is 0 Å². The van der Waals surface area contributed by atoms with Crippen LogP contribution in [0.3, 0.4) is 0 Å². The minimum absolute atomic E-state index is 0.00377. The van der Waals surface area contributed by atoms with Gasteiger partial charge in [0, 0.05) is 49.6 Å². The summed E-state index contributed by atoms with van der Waals surface area (Å²) < 4.78 is 0.971. The maximum absolute atomic E-state index is 11.7. The van der Waals surface area contributed by atoms with Crippen molar-refractivity contribution in [2.45, 2.75) is 49.0 Å². The van der Waals surface area contributed by atoms with Crippen LogP contribution in [0.2, 0.25) is 10.0 Å². The maximum atomic E-state index is 11.7. The van der Waals surface area contributed by atoms with Gasteiger partial charge in [0.1, 0.15) is 0 Å². The summed E-state index contributed by atoms with van der Waals surface area (Å²) in [6.07, 6.45) is 1.72. The van der Waals surface area contributed by atoms with Crippen molar-refractivity contribution in [2.24, 2.45) is 0 Å². The number of nitrogens with zero attached hydrogens (tertiary/aromatic N) is 2. The number of aromatic nitrogens is 1. The van der Waals surface area contributed by atoms with E-state index < -0.39 is 0 Å². The summed E-state index contributed by atoms with van der Waals surface area (Å²) in [4.78, 5) is 30.2. The number of hydrogen-bond donors (Lipinski definition) is 2. The Morgan fingerprint density at radius 1 is 1.11 bits per heavy atom. The van der Waals surface area contributed by atoms with E-state index in [0.717, 1.165) is 52.8 Å². The fraction of sp³-hybridized carbons (Fsp3) is 0.320. The molecular weight excluding hydrogens is 523 g/mol. The molecule has 2 N–H and O–H groups in total. The Balaban J connectivity index is 1.49. The van der Waals surface area contributed by atoms with Crippen molar-refractivity contribution in [3.63, 3.8) is 0 Å². The molecule has 0 bridgehead atoms. The third-order valence-corrected chi connectivity index (χ3v) is 8.66. The highest BCUT2D eigenvalue weighted by atomic mass is 35.5. The fourth-order valence-electron chi connectivity index (χ4n) is 4.06. The lowest BCUT2D eigenvalue weighted by molar-refractivity contribution is -0.120. The van der Waals surface area contributed by atoms with Crippen LogP contribution in [0.1, 0.15) is 32.3 Å². The highest BCUT2D eigenvalue weighted by molar-refractivity contribution is 8.01. The fourth-order valence-corrected chi connectivity index (χ4v) is 6.67. The number of carbonyl (C=O) groups is 2. The van der Waals surface area contributed by atoms with E-state index >= 15 is 0 Å². The summed E-state index contributed by atoms with van der Waals surface area (Å²) in [6.45, 7) is 4.65. The summed E-state index contributed by atoms with van der Waals surface area (Å²) in [5.41, 5.74) is 3.75. The van der Waals surface area contributed by atoms with Crippen LogP contribution >= 0.6 is 46.3 Å². The van der Waals surface area contributed by atoms with E-state index in [1.54, 1.807) is 30.0 Å². The van der Waals surface area contributed by atoms with Crippen molar-refractivity contribution in [3.8, 4) is 11.3 Å². The second-order valence-corrected chi connectivity index (χ2v) is 11.6. The SMILES string of the molecule is CC(=O)Nc1ccc(-c2csc(SC3CC(NC(C)=O)CCN3Cc3ccc(Cl)c(Cl)c3)n2)cc1. The molecule has 1 aliphatic heterocycles. The number of halogens is 2. The molecule has 1 fully saturated rings. The molecule has 2 heterocycles. The number of carbonyl (C=O) groups excluding carboxylic acids is 2. The molecule has 35 heavy (non-hydrogen) atoms. The van der Waals surface area contributed by atoms with Gasteiger partial charge >= 0.3 is 0 Å². The molecule has 1 saturated heterocycles. The molecule has 1 aromatic heterocycles. The van der Waals surface area contributed by atoms with Crippen molar-refractivity contribution in [2.75, 3.05) is 11.9 Å². The Morgan fingerprint density at radius 2 is 1.89 bits per heavy atom. The molecule has 0 radical (unpaired) electrons. The first kappa shape index (κ1) is 26.0. The molecule has 4 rings (SSSR count). The predicted molar refractivity (Wildman–Crippen MR) is 145 cm³/mol. The molecule has 184 valence electrons. The number of piperidine rings is 1. The van der Waals surface area contributed by atoms with Crippen LogP contribution in [-0.2, 0) is 16.1 Å². The number of thiazole rings is 1. The molecule has 2 amide bonds. The number of hydrogen-bond acceptors (Lipinski definition) is 6. The lowest BCUT2D eigenvalue weighted by Gasteiger charge is -2.39. The average Bonchev–Trinajstić information content (AvgIpc) is 3.26. The monoisotopic (exact) mass is 548 g/mol. The lowest BCUT2D eigenvalue weighted by atomic mass is 10.0. The van der Waals surface area contributed by atoms with E-state index in [1.165, 1.54) is 6.92 Å². The Hall–Kier alpha value is -2.10. The number of rotatable bonds is 7. The van der Waals surface area contributed by atoms with Crippen LogP contribution in [0.25, 0.3) is 11.3 Å². The van der Waals surface area contributed by atoms with Gasteiger partial charge in [0.05, 0.1) is 21.1 Å². The van der Waals surface area contributed by atoms with Gasteiger partial charge in [0.15, 0.2) is 4.34 Å². The van der Waals surface area contributed by atoms with Crippen molar-refractivity contribution in [1.29, 1.82) is 0 Å². The molecule has 6 nitrogen and oxygen atoms in total. The third-order valence-electron chi connectivity index (χ3n) is 5.66. The zero-order chi connectivity index (χ0) is 24.9. The largest absolute Gasteiger partial charge is 0.353 e. The molecule has 2 aromatic carbocycles. The minimum atomic E-state index is -0.0967. The number of amides is 2. The Labute approximate surface area is 223 Å². The summed E-state index contributed by atoms with van der Waals surface area (Å²) in [5.74, 6) is -0.100. The topological polar surface area (TPSA) is 74.3 Å². The summed E-state index contributed by atoms with van der Waals surface area (Å²) in [6, 6.07) is 13.5. The van der Waals surface area contributed by atoms with Crippen LogP contribution in [-0.4, -0.2) is 39.7 Å². The highest BCUT2D eigenvalue weighted by Gasteiger charge is 2.30. The van der Waals surface area contributed by atoms with Gasteiger partial charge in [-0.25, -0.2) is 4.98 Å². The van der Waals surface area contributed by atoms with Crippen molar-refractivity contribution >= 4 is 63.8 Å². The van der Waals surface area contributed by atoms with Gasteiger partial charge in [-0.2, -0.15) is 0 Å². The Kier molecular flexibility index (Phi) is 8.73. The van der Waals surface area contributed by atoms with Gasteiger partial charge in [-0.15, -0.1) is 11.3 Å². The molecule has 2 unspecified atom stereocenters. The lowest BCUT2D eigenvalue weighted by Crippen LogP contribution is -2.47. The van der Waals surface area contributed by atoms with Gasteiger partial charge in [0.2, 0.25) is 11.8 Å². The van der Waals surface area contributed by atoms with Crippen LogP contribution < -0.4 is 10.6 Å². The van der Waals surface area contributed by atoms with E-state index in [0.29, 0.717) is 10.0 Å². The number of anilines is 1. The Morgan fingerprint density at radius 3 is 2.57 bits per heavy atom. The number of thioether (sulfide) groups is 1. The zero-order valence-electron chi connectivity index (χ0n) is 19.4. The summed E-state index contributed by atoms with van der Waals surface area (Å²) in [7, 11) is 0. The van der Waals surface area contributed by atoms with E-state index in [2.05, 4.69) is 15.5 Å². The molecule has 0 saturated carbocycles. The van der Waals surface area contributed by atoms with Crippen LogP contribution in [0.15, 0.2) is 52.2 Å². The summed E-state index contributed by atoms with van der Waals surface area (Å²) >= 11 is 15.7. The normalized spacial score (nSPS) is 18.3. The average molecular weight is 550 g/mol. The van der Waals surface area contributed by atoms with Gasteiger partial charge in [0.25, 0.3) is 0 Å². The van der Waals surface area contributed by atoms with E-state index in [-0.39, 0.29) is 23.2 Å². The number of benzene rings is 2. The molecular formula is C25H26Cl2N4O2S2. The number of nitrogens with one attached hydrogen (secondary N) is 2. The van der Waals surface area contributed by atoms with Gasteiger partial charge in [-0.3, -0.25) is 14.5 Å². The first-order valence-corrected chi connectivity index (χ1v) is 13.7. The van der Waals surface area contributed by atoms with Crippen molar-refractivity contribution in [1.82, 2.24) is 15.2 Å². The standard InChI is InChI=1S/C25H26Cl2N4O2S2/c1-15(32)28-19-6-4-18(5-7-19)23-14-34-25(30-23)35-24-12-20(29-16(2)33)9-10-31(24)13-17-3-8-21(26)22(27)11-17/h3-8,11,14,20,24H,9-10,12-13H2,1-2H3,(H,28,32)(H,29,33). The first-order chi connectivity index (χ1) is 16.8. The smallest absolute Gasteiger partial charge is 0.221 e. The van der Waals surface area contributed by atoms with Crippen molar-refractivity contribution in [3.05, 3.63) is 63.5 Å². The second-order valence-electron chi connectivity index (χ2n) is 8.47. The first-order valence-electron chi connectivity index (χ1n) is 11.2. The molecule has 10 heteroatoms. The van der Waals surface area contributed by atoms with Crippen LogP contribution in [0.5, 0.6) is 0 Å². The minimum Gasteiger partial charge on any atom is -0.353 e. The van der Waals surface area contributed by atoms with E-state index in [4.69, 9.17) is 28.2 Å². The quantitative estimate of drug-likeness (QED) is 0.362. The molecule has 3 aromatic rings. The zero-order valence-corrected chi connectivity index (χ0v) is 22.5. The predicted octanol–water partition coefficient (Wildman–Crippen LogP) is 6.29. The Bertz CT molecular complexity index is 1200. The molecule has 1 aliphatic rings. The van der Waals surface area contributed by atoms with E-state index in [1.807, 2.05) is 47.8 Å². The molecule has 2 atom stereocenters. The van der Waals surface area contributed by atoms with Crippen molar-refractivity contribution < 1.29 is 9.59 Å². The molecule has 0 aliphatic carbocycles. The summed E-state index contributed by atoms with van der Waals surface area (Å²) in [5, 5.41) is 9.16. The maximum Gasteiger partial charge on any atom is 0.221 e. The van der Waals surface area contributed by atoms with Gasteiger partial charge < -0.3 is 10.6 Å². The van der Waals surface area contributed by atoms with Crippen LogP contribution in [0.4, 0.5) is 5.69 Å². The number of likely N-dealkylation sites (tertiary alicyclic amines) is 1. The van der Waals surface area contributed by atoms with E-state index in [9.17, 15) is 9.59 Å². The van der Waals surface area contributed by atoms with Gasteiger partial charge in [-0.1, -0.05) is 53.2 Å².